The van der Waals surface area contributed by atoms with Crippen LogP contribution in [0.2, 0.25) is 0 Å². The van der Waals surface area contributed by atoms with Gasteiger partial charge in [-0.15, -0.1) is 0 Å². The van der Waals surface area contributed by atoms with E-state index in [9.17, 15) is 9.59 Å². The highest BCUT2D eigenvalue weighted by atomic mass is 16.4. The summed E-state index contributed by atoms with van der Waals surface area (Å²) in [5, 5.41) is 11.6. The third kappa shape index (κ3) is 3.36. The summed E-state index contributed by atoms with van der Waals surface area (Å²) >= 11 is 0. The minimum atomic E-state index is -1.01. The van der Waals surface area contributed by atoms with E-state index in [1.54, 1.807) is 0 Å². The summed E-state index contributed by atoms with van der Waals surface area (Å²) in [6.45, 7) is 11.0. The van der Waals surface area contributed by atoms with Crippen LogP contribution in [0.5, 0.6) is 0 Å². The number of rotatable bonds is 6. The lowest BCUT2D eigenvalue weighted by Crippen LogP contribution is -2.52. The number of amides is 1. The molecule has 0 rings (SSSR count). The van der Waals surface area contributed by atoms with Gasteiger partial charge in [-0.25, -0.2) is 4.79 Å². The van der Waals surface area contributed by atoms with E-state index in [1.165, 1.54) is 0 Å². The van der Waals surface area contributed by atoms with Gasteiger partial charge in [0.15, 0.2) is 0 Å². The molecule has 0 radical (unpaired) electrons. The first kappa shape index (κ1) is 14.7. The number of nitrogens with one attached hydrogen (secondary N) is 1. The molecule has 0 aromatic heterocycles. The van der Waals surface area contributed by atoms with Crippen molar-refractivity contribution in [1.29, 1.82) is 0 Å². The zero-order valence-corrected chi connectivity index (χ0v) is 10.4. The average molecular weight is 227 g/mol. The van der Waals surface area contributed by atoms with Gasteiger partial charge in [0, 0.05) is 0 Å². The Morgan fingerprint density at radius 3 is 2.31 bits per heavy atom. The third-order valence-corrected chi connectivity index (χ3v) is 3.35. The number of hydrogen-bond acceptors (Lipinski definition) is 2. The number of hydrogen-bond donors (Lipinski definition) is 2. The molecule has 1 amide bonds. The molecule has 0 bridgehead atoms. The van der Waals surface area contributed by atoms with Crippen LogP contribution in [0.3, 0.4) is 0 Å². The van der Waals surface area contributed by atoms with Gasteiger partial charge in [-0.1, -0.05) is 40.7 Å². The molecule has 2 unspecified atom stereocenters. The van der Waals surface area contributed by atoms with Crippen LogP contribution in [0.15, 0.2) is 12.7 Å². The van der Waals surface area contributed by atoms with Crippen molar-refractivity contribution in [2.75, 3.05) is 0 Å². The molecule has 0 aromatic carbocycles. The van der Waals surface area contributed by atoms with E-state index in [4.69, 9.17) is 5.11 Å². The van der Waals surface area contributed by atoms with Crippen LogP contribution in [0.25, 0.3) is 0 Å². The normalized spacial score (nSPS) is 15.0. The molecule has 0 saturated heterocycles. The smallest absolute Gasteiger partial charge is 0.326 e. The molecule has 0 aliphatic carbocycles. The molecule has 2 N–H and O–H groups in total. The number of carbonyl (C=O) groups excluding carboxylic acids is 1. The first-order chi connectivity index (χ1) is 7.27. The van der Waals surface area contributed by atoms with E-state index in [-0.39, 0.29) is 5.92 Å². The van der Waals surface area contributed by atoms with Crippen molar-refractivity contribution >= 4 is 11.9 Å². The van der Waals surface area contributed by atoms with Gasteiger partial charge in [0.1, 0.15) is 6.04 Å². The second-order valence-electron chi connectivity index (χ2n) is 4.61. The van der Waals surface area contributed by atoms with Crippen LogP contribution in [0, 0.1) is 11.3 Å². The highest BCUT2D eigenvalue weighted by molar-refractivity contribution is 5.90. The van der Waals surface area contributed by atoms with Crippen LogP contribution in [0.4, 0.5) is 0 Å². The lowest BCUT2D eigenvalue weighted by atomic mass is 9.72. The number of carbonyl (C=O) groups is 2. The molecule has 0 saturated carbocycles. The summed E-state index contributed by atoms with van der Waals surface area (Å²) in [5.41, 5.74) is -0.501. The summed E-state index contributed by atoms with van der Waals surface area (Å²) in [7, 11) is 0. The van der Waals surface area contributed by atoms with Crippen molar-refractivity contribution < 1.29 is 14.7 Å². The summed E-state index contributed by atoms with van der Waals surface area (Å²) in [4.78, 5) is 22.4. The van der Waals surface area contributed by atoms with Gasteiger partial charge in [0.05, 0.1) is 0 Å². The Hall–Kier alpha value is -1.32. The van der Waals surface area contributed by atoms with Crippen molar-refractivity contribution in [3.63, 3.8) is 0 Å². The summed E-state index contributed by atoms with van der Waals surface area (Å²) in [5.74, 6) is -1.28. The monoisotopic (exact) mass is 227 g/mol. The number of aliphatic carboxylic acids is 1. The lowest BCUT2D eigenvalue weighted by molar-refractivity contribution is -0.145. The van der Waals surface area contributed by atoms with Gasteiger partial charge in [-0.05, 0) is 17.4 Å². The zero-order valence-electron chi connectivity index (χ0n) is 10.4. The predicted molar refractivity (Wildman–Crippen MR) is 63.0 cm³/mol. The molecule has 0 aliphatic rings. The van der Waals surface area contributed by atoms with Crippen LogP contribution >= 0.6 is 0 Å². The summed E-state index contributed by atoms with van der Waals surface area (Å²) in [6.07, 6.45) is 1.95. The Kier molecular flexibility index (Phi) is 5.21. The Labute approximate surface area is 96.7 Å². The van der Waals surface area contributed by atoms with E-state index < -0.39 is 23.3 Å². The molecule has 0 aliphatic heterocycles. The first-order valence-electron chi connectivity index (χ1n) is 5.43. The maximum Gasteiger partial charge on any atom is 0.326 e. The minimum Gasteiger partial charge on any atom is -0.480 e. The molecule has 2 atom stereocenters. The third-order valence-electron chi connectivity index (χ3n) is 3.35. The highest BCUT2D eigenvalue weighted by Crippen LogP contribution is 2.32. The number of carboxylic acids is 1. The summed E-state index contributed by atoms with van der Waals surface area (Å²) < 4.78 is 0. The molecule has 0 fully saturated rings. The van der Waals surface area contributed by atoms with Crippen molar-refractivity contribution in [2.45, 2.75) is 40.2 Å². The van der Waals surface area contributed by atoms with Gasteiger partial charge in [0.2, 0.25) is 5.91 Å². The molecule has 16 heavy (non-hydrogen) atoms. The predicted octanol–water partition coefficient (Wildman–Crippen LogP) is 1.81. The van der Waals surface area contributed by atoms with Gasteiger partial charge in [-0.2, -0.15) is 0 Å². The minimum absolute atomic E-state index is 0.193. The molecule has 92 valence electrons. The van der Waals surface area contributed by atoms with Gasteiger partial charge in [0.25, 0.3) is 0 Å². The topological polar surface area (TPSA) is 66.4 Å². The Morgan fingerprint density at radius 2 is 2.00 bits per heavy atom. The van der Waals surface area contributed by atoms with E-state index >= 15 is 0 Å². The van der Waals surface area contributed by atoms with E-state index in [1.807, 2.05) is 27.7 Å². The maximum atomic E-state index is 11.2. The standard InChI is InChI=1S/C12H21NO3/c1-6-8(3)12(4,5)10(11(15)16)13-9(14)7-2/h7-8,10H,2,6H2,1,3-5H3,(H,13,14)(H,15,16). The van der Waals surface area contributed by atoms with E-state index in [0.717, 1.165) is 12.5 Å². The van der Waals surface area contributed by atoms with Crippen LogP contribution in [0.1, 0.15) is 34.1 Å². The average Bonchev–Trinajstić information content (AvgIpc) is 2.23. The van der Waals surface area contributed by atoms with Crippen molar-refractivity contribution in [1.82, 2.24) is 5.32 Å². The molecular weight excluding hydrogens is 206 g/mol. The fraction of sp³-hybridized carbons (Fsp3) is 0.667. The fourth-order valence-corrected chi connectivity index (χ4v) is 1.58. The van der Waals surface area contributed by atoms with E-state index in [0.29, 0.717) is 0 Å². The van der Waals surface area contributed by atoms with Crippen molar-refractivity contribution in [2.24, 2.45) is 11.3 Å². The SMILES string of the molecule is C=CC(=O)NC(C(=O)O)C(C)(C)C(C)CC. The van der Waals surface area contributed by atoms with Crippen molar-refractivity contribution in [3.05, 3.63) is 12.7 Å². The quantitative estimate of drug-likeness (QED) is 0.680. The number of carboxylic acid groups (broad SMARTS) is 1. The highest BCUT2D eigenvalue weighted by Gasteiger charge is 2.39. The van der Waals surface area contributed by atoms with Crippen LogP contribution < -0.4 is 5.32 Å². The molecule has 4 nitrogen and oxygen atoms in total. The second kappa shape index (κ2) is 5.68. The Balaban J connectivity index is 4.97. The second-order valence-corrected chi connectivity index (χ2v) is 4.61. The van der Waals surface area contributed by atoms with Crippen LogP contribution in [-0.4, -0.2) is 23.0 Å². The largest absolute Gasteiger partial charge is 0.480 e. The molecule has 0 spiro atoms. The van der Waals surface area contributed by atoms with Crippen LogP contribution in [-0.2, 0) is 9.59 Å². The lowest BCUT2D eigenvalue weighted by Gasteiger charge is -2.36. The maximum absolute atomic E-state index is 11.2. The zero-order chi connectivity index (χ0) is 12.9. The molecule has 0 heterocycles. The van der Waals surface area contributed by atoms with Gasteiger partial charge < -0.3 is 10.4 Å². The van der Waals surface area contributed by atoms with Crippen molar-refractivity contribution in [3.8, 4) is 0 Å². The molecular formula is C12H21NO3. The Bertz CT molecular complexity index is 284. The summed E-state index contributed by atoms with van der Waals surface area (Å²) in [6, 6.07) is -0.895. The van der Waals surface area contributed by atoms with Gasteiger partial charge in [-0.3, -0.25) is 4.79 Å². The van der Waals surface area contributed by atoms with E-state index in [2.05, 4.69) is 11.9 Å². The van der Waals surface area contributed by atoms with Gasteiger partial charge >= 0.3 is 5.97 Å². The molecule has 4 heteroatoms. The first-order valence-corrected chi connectivity index (χ1v) is 5.43. The molecule has 0 aromatic rings. The fourth-order valence-electron chi connectivity index (χ4n) is 1.58. The Morgan fingerprint density at radius 1 is 1.50 bits per heavy atom.